The van der Waals surface area contributed by atoms with Gasteiger partial charge in [0.05, 0.1) is 16.3 Å². The summed E-state index contributed by atoms with van der Waals surface area (Å²) < 4.78 is 1.80. The Bertz CT molecular complexity index is 954. The Labute approximate surface area is 170 Å². The highest BCUT2D eigenvalue weighted by atomic mass is 35.5. The lowest BCUT2D eigenvalue weighted by Gasteiger charge is -2.06. The number of halogens is 1. The molecule has 1 aromatic carbocycles. The third kappa shape index (κ3) is 5.41. The van der Waals surface area contributed by atoms with E-state index >= 15 is 0 Å². The van der Waals surface area contributed by atoms with Crippen LogP contribution in [0.25, 0.3) is 5.69 Å². The number of ketones is 1. The predicted octanol–water partition coefficient (Wildman–Crippen LogP) is 3.64. The van der Waals surface area contributed by atoms with Crippen molar-refractivity contribution in [3.8, 4) is 5.69 Å². The molecule has 0 atom stereocenters. The van der Waals surface area contributed by atoms with Gasteiger partial charge in [0.1, 0.15) is 6.33 Å². The molecule has 0 spiro atoms. The van der Waals surface area contributed by atoms with E-state index in [1.807, 2.05) is 30.3 Å². The summed E-state index contributed by atoms with van der Waals surface area (Å²) in [5.74, 6) is 0.254. The lowest BCUT2D eigenvalue weighted by atomic mass is 10.3. The molecule has 6 nitrogen and oxygen atoms in total. The van der Waals surface area contributed by atoms with Gasteiger partial charge in [-0.25, -0.2) is 0 Å². The number of rotatable bonds is 8. The van der Waals surface area contributed by atoms with Crippen molar-refractivity contribution in [1.82, 2.24) is 20.1 Å². The van der Waals surface area contributed by atoms with Crippen molar-refractivity contribution in [2.45, 2.75) is 18.5 Å². The lowest BCUT2D eigenvalue weighted by Crippen LogP contribution is -2.22. The van der Waals surface area contributed by atoms with Crippen molar-refractivity contribution in [3.05, 3.63) is 57.5 Å². The molecule has 1 amide bonds. The minimum absolute atomic E-state index is 0.0384. The zero-order valence-corrected chi connectivity index (χ0v) is 16.9. The first kappa shape index (κ1) is 19.6. The van der Waals surface area contributed by atoms with Crippen LogP contribution in [-0.4, -0.2) is 38.8 Å². The minimum atomic E-state index is -0.0527. The van der Waals surface area contributed by atoms with Crippen molar-refractivity contribution >= 4 is 46.4 Å². The Morgan fingerprint density at radius 2 is 2.15 bits per heavy atom. The number of benzene rings is 1. The third-order valence-electron chi connectivity index (χ3n) is 3.62. The normalized spacial score (nSPS) is 10.7. The third-order valence-corrected chi connectivity index (χ3v) is 5.98. The number of thioether (sulfide) groups is 1. The fraction of sp³-hybridized carbons (Fsp3) is 0.222. The summed E-state index contributed by atoms with van der Waals surface area (Å²) in [4.78, 5) is 25.2. The molecule has 9 heteroatoms. The number of hydrogen-bond donors (Lipinski definition) is 1. The number of Topliss-reactive ketones (excluding diaryl/α,β-unsaturated/α-hetero) is 1. The van der Waals surface area contributed by atoms with Gasteiger partial charge in [0.15, 0.2) is 10.9 Å². The summed E-state index contributed by atoms with van der Waals surface area (Å²) >= 11 is 8.83. The number of carbonyl (C=O) groups is 2. The summed E-state index contributed by atoms with van der Waals surface area (Å²) in [6.07, 6.45) is 2.32. The summed E-state index contributed by atoms with van der Waals surface area (Å²) in [7, 11) is 0. The molecule has 3 aromatic rings. The Kier molecular flexibility index (Phi) is 6.65. The maximum atomic E-state index is 12.5. The van der Waals surface area contributed by atoms with Gasteiger partial charge in [0.25, 0.3) is 0 Å². The highest BCUT2D eigenvalue weighted by molar-refractivity contribution is 7.99. The standard InChI is InChI=1S/C18H17ClN4O2S2/c1-12(24)20-8-7-15-5-6-17(27-15)16(25)10-26-18-22-21-11-23(18)14-4-2-3-13(19)9-14/h2-6,9,11H,7-8,10H2,1H3,(H,20,24). The molecule has 140 valence electrons. The van der Waals surface area contributed by atoms with Crippen LogP contribution >= 0.6 is 34.7 Å². The van der Waals surface area contributed by atoms with Crippen molar-refractivity contribution in [1.29, 1.82) is 0 Å². The Balaban J connectivity index is 1.60. The van der Waals surface area contributed by atoms with Crippen LogP contribution in [0.1, 0.15) is 21.5 Å². The van der Waals surface area contributed by atoms with Gasteiger partial charge in [-0.1, -0.05) is 29.4 Å². The number of nitrogens with zero attached hydrogens (tertiary/aromatic N) is 3. The van der Waals surface area contributed by atoms with Gasteiger partial charge in [0, 0.05) is 23.4 Å². The second kappa shape index (κ2) is 9.16. The number of aromatic nitrogens is 3. The molecule has 0 aliphatic heterocycles. The van der Waals surface area contributed by atoms with Gasteiger partial charge >= 0.3 is 0 Å². The first-order chi connectivity index (χ1) is 13.0. The van der Waals surface area contributed by atoms with Crippen molar-refractivity contribution < 1.29 is 9.59 Å². The average molecular weight is 421 g/mol. The number of amides is 1. The molecule has 0 bridgehead atoms. The topological polar surface area (TPSA) is 76.9 Å². The molecule has 0 aliphatic rings. The number of thiophene rings is 1. The SMILES string of the molecule is CC(=O)NCCc1ccc(C(=O)CSc2nncn2-c2cccc(Cl)c2)s1. The van der Waals surface area contributed by atoms with Gasteiger partial charge in [-0.05, 0) is 36.8 Å². The van der Waals surface area contributed by atoms with Gasteiger partial charge in [-0.3, -0.25) is 14.2 Å². The van der Waals surface area contributed by atoms with E-state index in [2.05, 4.69) is 15.5 Å². The van der Waals surface area contributed by atoms with Crippen molar-refractivity contribution in [2.24, 2.45) is 0 Å². The van der Waals surface area contributed by atoms with Gasteiger partial charge in [-0.15, -0.1) is 21.5 Å². The van der Waals surface area contributed by atoms with Crippen LogP contribution < -0.4 is 5.32 Å². The summed E-state index contributed by atoms with van der Waals surface area (Å²) in [6, 6.07) is 11.1. The molecule has 0 radical (unpaired) electrons. The lowest BCUT2D eigenvalue weighted by molar-refractivity contribution is -0.118. The van der Waals surface area contributed by atoms with Crippen LogP contribution in [0.15, 0.2) is 47.9 Å². The predicted molar refractivity (Wildman–Crippen MR) is 108 cm³/mol. The van der Waals surface area contributed by atoms with Gasteiger partial charge in [-0.2, -0.15) is 0 Å². The van der Waals surface area contributed by atoms with E-state index in [1.165, 1.54) is 30.0 Å². The second-order valence-electron chi connectivity index (χ2n) is 5.67. The Morgan fingerprint density at radius 3 is 2.93 bits per heavy atom. The number of carbonyl (C=O) groups excluding carboxylic acids is 2. The molecule has 27 heavy (non-hydrogen) atoms. The first-order valence-electron chi connectivity index (χ1n) is 8.18. The van der Waals surface area contributed by atoms with Crippen molar-refractivity contribution in [3.63, 3.8) is 0 Å². The molecule has 3 rings (SSSR count). The molecule has 0 aliphatic carbocycles. The summed E-state index contributed by atoms with van der Waals surface area (Å²) in [5, 5.41) is 12.0. The summed E-state index contributed by atoms with van der Waals surface area (Å²) in [6.45, 7) is 2.06. The first-order valence-corrected chi connectivity index (χ1v) is 10.4. The van der Waals surface area contributed by atoms with Gasteiger partial charge in [0.2, 0.25) is 5.91 Å². The van der Waals surface area contributed by atoms with E-state index in [9.17, 15) is 9.59 Å². The molecule has 2 heterocycles. The Morgan fingerprint density at radius 1 is 1.30 bits per heavy atom. The quantitative estimate of drug-likeness (QED) is 0.444. The molecule has 1 N–H and O–H groups in total. The molecule has 0 fully saturated rings. The van der Waals surface area contributed by atoms with E-state index in [-0.39, 0.29) is 17.4 Å². The highest BCUT2D eigenvalue weighted by Gasteiger charge is 2.14. The highest BCUT2D eigenvalue weighted by Crippen LogP contribution is 2.24. The molecule has 2 aromatic heterocycles. The van der Waals surface area contributed by atoms with E-state index < -0.39 is 0 Å². The molecule has 0 unspecified atom stereocenters. The largest absolute Gasteiger partial charge is 0.356 e. The number of nitrogens with one attached hydrogen (secondary N) is 1. The Hall–Kier alpha value is -2.16. The van der Waals surface area contributed by atoms with Crippen LogP contribution in [-0.2, 0) is 11.2 Å². The van der Waals surface area contributed by atoms with E-state index in [0.717, 1.165) is 10.6 Å². The maximum absolute atomic E-state index is 12.5. The molecule has 0 saturated carbocycles. The smallest absolute Gasteiger partial charge is 0.216 e. The van der Waals surface area contributed by atoms with Crippen molar-refractivity contribution in [2.75, 3.05) is 12.3 Å². The fourth-order valence-corrected chi connectivity index (χ4v) is 4.38. The minimum Gasteiger partial charge on any atom is -0.356 e. The zero-order valence-electron chi connectivity index (χ0n) is 14.5. The van der Waals surface area contributed by atoms with Crippen LogP contribution in [0.5, 0.6) is 0 Å². The monoisotopic (exact) mass is 420 g/mol. The zero-order chi connectivity index (χ0) is 19.2. The van der Waals surface area contributed by atoms with Crippen LogP contribution in [0.3, 0.4) is 0 Å². The number of hydrogen-bond acceptors (Lipinski definition) is 6. The molecule has 0 saturated heterocycles. The summed E-state index contributed by atoms with van der Waals surface area (Å²) in [5.41, 5.74) is 0.846. The maximum Gasteiger partial charge on any atom is 0.216 e. The van der Waals surface area contributed by atoms with Crippen LogP contribution in [0.4, 0.5) is 0 Å². The second-order valence-corrected chi connectivity index (χ2v) is 8.22. The van der Waals surface area contributed by atoms with E-state index in [4.69, 9.17) is 11.6 Å². The van der Waals surface area contributed by atoms with E-state index in [1.54, 1.807) is 17.0 Å². The van der Waals surface area contributed by atoms with Gasteiger partial charge < -0.3 is 5.32 Å². The van der Waals surface area contributed by atoms with Crippen LogP contribution in [0.2, 0.25) is 5.02 Å². The average Bonchev–Trinajstić information content (AvgIpc) is 3.29. The van der Waals surface area contributed by atoms with E-state index in [0.29, 0.717) is 28.0 Å². The molecular formula is C18H17ClN4O2S2. The van der Waals surface area contributed by atoms with Crippen LogP contribution in [0, 0.1) is 0 Å². The fourth-order valence-electron chi connectivity index (χ4n) is 2.35. The molecular weight excluding hydrogens is 404 g/mol.